The molecule has 5 heteroatoms. The first kappa shape index (κ1) is 12.7. The average molecular weight is 246 g/mol. The zero-order chi connectivity index (χ0) is 13.0. The summed E-state index contributed by atoms with van der Waals surface area (Å²) in [7, 11) is 0. The topological polar surface area (TPSA) is 63.0 Å². The van der Waals surface area contributed by atoms with E-state index in [1.54, 1.807) is 10.9 Å². The van der Waals surface area contributed by atoms with Gasteiger partial charge in [0, 0.05) is 12.6 Å². The second-order valence-electron chi connectivity index (χ2n) is 4.51. The molecule has 1 heterocycles. The molecule has 1 aromatic carbocycles. The second kappa shape index (κ2) is 5.75. The fourth-order valence-electron chi connectivity index (χ4n) is 1.59. The van der Waals surface area contributed by atoms with Crippen LogP contribution in [0.4, 0.5) is 0 Å². The zero-order valence-corrected chi connectivity index (χ0v) is 10.7. The Balaban J connectivity index is 2.07. The Hall–Kier alpha value is -1.72. The van der Waals surface area contributed by atoms with Crippen LogP contribution in [-0.2, 0) is 13.2 Å². The number of benzene rings is 1. The van der Waals surface area contributed by atoms with Gasteiger partial charge in [-0.15, -0.1) is 5.10 Å². The van der Waals surface area contributed by atoms with Crippen LogP contribution in [0.2, 0.25) is 0 Å². The van der Waals surface area contributed by atoms with Gasteiger partial charge in [0.15, 0.2) is 0 Å². The Bertz CT molecular complexity index is 490. The highest BCUT2D eigenvalue weighted by Crippen LogP contribution is 2.09. The minimum Gasteiger partial charge on any atom is -0.390 e. The largest absolute Gasteiger partial charge is 0.390 e. The van der Waals surface area contributed by atoms with Crippen LogP contribution in [0.3, 0.4) is 0 Å². The van der Waals surface area contributed by atoms with Crippen molar-refractivity contribution in [3.8, 4) is 5.69 Å². The molecule has 0 aliphatic heterocycles. The van der Waals surface area contributed by atoms with Crippen LogP contribution in [0.1, 0.15) is 25.1 Å². The molecule has 0 saturated heterocycles. The van der Waals surface area contributed by atoms with Crippen LogP contribution in [-0.4, -0.2) is 26.1 Å². The van der Waals surface area contributed by atoms with Crippen LogP contribution in [0.15, 0.2) is 30.5 Å². The number of aromatic nitrogens is 3. The molecule has 0 aliphatic rings. The van der Waals surface area contributed by atoms with E-state index in [-0.39, 0.29) is 6.61 Å². The van der Waals surface area contributed by atoms with Crippen molar-refractivity contribution < 1.29 is 5.11 Å². The quantitative estimate of drug-likeness (QED) is 0.833. The lowest BCUT2D eigenvalue weighted by Gasteiger charge is -2.08. The molecule has 0 amide bonds. The van der Waals surface area contributed by atoms with Gasteiger partial charge in [-0.1, -0.05) is 31.2 Å². The van der Waals surface area contributed by atoms with E-state index in [0.717, 1.165) is 12.2 Å². The fourth-order valence-corrected chi connectivity index (χ4v) is 1.59. The smallest absolute Gasteiger partial charge is 0.109 e. The summed E-state index contributed by atoms with van der Waals surface area (Å²) in [5.41, 5.74) is 2.74. The highest BCUT2D eigenvalue weighted by molar-refractivity contribution is 5.33. The predicted octanol–water partition coefficient (Wildman–Crippen LogP) is 1.26. The van der Waals surface area contributed by atoms with Crippen LogP contribution in [0, 0.1) is 0 Å². The first-order chi connectivity index (χ1) is 8.69. The number of aliphatic hydroxyl groups is 1. The third-order valence-electron chi connectivity index (χ3n) is 2.62. The predicted molar refractivity (Wildman–Crippen MR) is 69.3 cm³/mol. The third kappa shape index (κ3) is 3.15. The minimum atomic E-state index is -0.0869. The van der Waals surface area contributed by atoms with Crippen LogP contribution >= 0.6 is 0 Å². The van der Waals surface area contributed by atoms with E-state index in [9.17, 15) is 0 Å². The Morgan fingerprint density at radius 2 is 2.00 bits per heavy atom. The molecule has 0 spiro atoms. The van der Waals surface area contributed by atoms with E-state index >= 15 is 0 Å². The summed E-state index contributed by atoms with van der Waals surface area (Å²) in [5, 5.41) is 20.1. The number of hydrogen-bond donors (Lipinski definition) is 2. The van der Waals surface area contributed by atoms with E-state index < -0.39 is 0 Å². The number of hydrogen-bond acceptors (Lipinski definition) is 4. The van der Waals surface area contributed by atoms with Crippen molar-refractivity contribution in [2.24, 2.45) is 0 Å². The molecule has 0 radical (unpaired) electrons. The van der Waals surface area contributed by atoms with Gasteiger partial charge < -0.3 is 10.4 Å². The third-order valence-corrected chi connectivity index (χ3v) is 2.62. The molecule has 2 aromatic rings. The summed E-state index contributed by atoms with van der Waals surface area (Å²) in [6.07, 6.45) is 1.72. The maximum atomic E-state index is 8.94. The molecule has 1 aromatic heterocycles. The van der Waals surface area contributed by atoms with Gasteiger partial charge in [0.25, 0.3) is 0 Å². The molecule has 2 rings (SSSR count). The van der Waals surface area contributed by atoms with Gasteiger partial charge in [0.05, 0.1) is 18.5 Å². The summed E-state index contributed by atoms with van der Waals surface area (Å²) in [4.78, 5) is 0. The lowest BCUT2D eigenvalue weighted by atomic mass is 10.2. The van der Waals surface area contributed by atoms with Crippen LogP contribution in [0.25, 0.3) is 5.69 Å². The average Bonchev–Trinajstić information content (AvgIpc) is 2.85. The molecule has 2 N–H and O–H groups in total. The molecule has 18 heavy (non-hydrogen) atoms. The molecule has 0 atom stereocenters. The minimum absolute atomic E-state index is 0.0869. The van der Waals surface area contributed by atoms with E-state index in [4.69, 9.17) is 5.11 Å². The van der Waals surface area contributed by atoms with E-state index in [1.165, 1.54) is 5.56 Å². The Morgan fingerprint density at radius 1 is 1.28 bits per heavy atom. The van der Waals surface area contributed by atoms with Gasteiger partial charge in [0.2, 0.25) is 0 Å². The zero-order valence-electron chi connectivity index (χ0n) is 10.7. The highest BCUT2D eigenvalue weighted by atomic mass is 16.3. The van der Waals surface area contributed by atoms with Gasteiger partial charge in [-0.2, -0.15) is 0 Å². The van der Waals surface area contributed by atoms with E-state index in [0.29, 0.717) is 11.7 Å². The molecule has 0 bridgehead atoms. The first-order valence-electron chi connectivity index (χ1n) is 6.04. The molecule has 0 saturated carbocycles. The van der Waals surface area contributed by atoms with Gasteiger partial charge in [-0.05, 0) is 17.7 Å². The van der Waals surface area contributed by atoms with Gasteiger partial charge in [0.1, 0.15) is 5.69 Å². The van der Waals surface area contributed by atoms with E-state index in [2.05, 4.69) is 41.6 Å². The van der Waals surface area contributed by atoms with Crippen LogP contribution in [0.5, 0.6) is 0 Å². The molecule has 0 aliphatic carbocycles. The summed E-state index contributed by atoms with van der Waals surface area (Å²) < 4.78 is 1.66. The summed E-state index contributed by atoms with van der Waals surface area (Å²) in [5.74, 6) is 0. The summed E-state index contributed by atoms with van der Waals surface area (Å²) >= 11 is 0. The molecule has 0 unspecified atom stereocenters. The van der Waals surface area contributed by atoms with Crippen molar-refractivity contribution in [2.45, 2.75) is 33.0 Å². The molecule has 5 nitrogen and oxygen atoms in total. The number of aliphatic hydroxyl groups excluding tert-OH is 1. The second-order valence-corrected chi connectivity index (χ2v) is 4.51. The normalized spacial score (nSPS) is 11.1. The lowest BCUT2D eigenvalue weighted by molar-refractivity contribution is 0.276. The van der Waals surface area contributed by atoms with Gasteiger partial charge in [-0.25, -0.2) is 4.68 Å². The monoisotopic (exact) mass is 246 g/mol. The van der Waals surface area contributed by atoms with Gasteiger partial charge in [-0.3, -0.25) is 0 Å². The fraction of sp³-hybridized carbons (Fsp3) is 0.385. The number of nitrogens with one attached hydrogen (secondary N) is 1. The highest BCUT2D eigenvalue weighted by Gasteiger charge is 2.02. The van der Waals surface area contributed by atoms with E-state index in [1.807, 2.05) is 12.1 Å². The summed E-state index contributed by atoms with van der Waals surface area (Å²) in [6, 6.07) is 8.59. The SMILES string of the molecule is CC(C)NCc1ccc(-n2cc(CO)nn2)cc1. The lowest BCUT2D eigenvalue weighted by Crippen LogP contribution is -2.21. The Labute approximate surface area is 106 Å². The van der Waals surface area contributed by atoms with Crippen molar-refractivity contribution in [1.82, 2.24) is 20.3 Å². The Kier molecular flexibility index (Phi) is 4.07. The number of nitrogens with zero attached hydrogens (tertiary/aromatic N) is 3. The van der Waals surface area contributed by atoms with Crippen molar-refractivity contribution >= 4 is 0 Å². The van der Waals surface area contributed by atoms with Gasteiger partial charge >= 0.3 is 0 Å². The first-order valence-corrected chi connectivity index (χ1v) is 6.04. The maximum Gasteiger partial charge on any atom is 0.109 e. The van der Waals surface area contributed by atoms with Crippen LogP contribution < -0.4 is 5.32 Å². The van der Waals surface area contributed by atoms with Crippen molar-refractivity contribution in [3.63, 3.8) is 0 Å². The maximum absolute atomic E-state index is 8.94. The molecular formula is C13H18N4O. The van der Waals surface area contributed by atoms with Crippen molar-refractivity contribution in [1.29, 1.82) is 0 Å². The van der Waals surface area contributed by atoms with Crippen molar-refractivity contribution in [3.05, 3.63) is 41.7 Å². The molecule has 0 fully saturated rings. The molecule has 96 valence electrons. The molecular weight excluding hydrogens is 228 g/mol. The standard InChI is InChI=1S/C13H18N4O/c1-10(2)14-7-11-3-5-13(6-4-11)17-8-12(9-18)15-16-17/h3-6,8,10,14,18H,7,9H2,1-2H3. The summed E-state index contributed by atoms with van der Waals surface area (Å²) in [6.45, 7) is 5.02. The Morgan fingerprint density at radius 3 is 2.56 bits per heavy atom. The van der Waals surface area contributed by atoms with Crippen molar-refractivity contribution in [2.75, 3.05) is 0 Å². The number of rotatable bonds is 5.